The van der Waals surface area contributed by atoms with E-state index in [2.05, 4.69) is 40.0 Å². The molecule has 0 N–H and O–H groups in total. The third kappa shape index (κ3) is 7.15. The molecule has 0 spiro atoms. The number of pyridine rings is 1. The topological polar surface area (TPSA) is 57.5 Å². The third-order valence-corrected chi connectivity index (χ3v) is 6.86. The molecule has 4 heterocycles. The number of aromatic nitrogens is 7. The van der Waals surface area contributed by atoms with E-state index in [1.165, 1.54) is 24.3 Å². The van der Waals surface area contributed by atoms with Crippen LogP contribution in [0.5, 0.6) is 0 Å². The molecular weight excluding hydrogens is 761 g/mol. The molecule has 0 amide bonds. The number of hydrogen-bond acceptors (Lipinski definition) is 2. The van der Waals surface area contributed by atoms with Gasteiger partial charge in [0.1, 0.15) is 0 Å². The van der Waals surface area contributed by atoms with Gasteiger partial charge in [0.2, 0.25) is 12.7 Å². The molecule has 0 bridgehead atoms. The molecule has 8 rings (SSSR count). The number of aryl methyl sites for hydroxylation is 2. The molecular formula is C36H26F2IrN7-3. The number of rotatable bonds is 3. The number of hydrogen-bond donors (Lipinski definition) is 0. The normalized spacial score (nSPS) is 10.4. The molecule has 10 heteroatoms. The Kier molecular flexibility index (Phi) is 10.2. The van der Waals surface area contributed by atoms with Gasteiger partial charge in [-0.2, -0.15) is 24.3 Å². The van der Waals surface area contributed by atoms with Crippen molar-refractivity contribution in [1.82, 2.24) is 24.3 Å². The number of imidazole rings is 2. The van der Waals surface area contributed by atoms with Gasteiger partial charge in [-0.1, -0.05) is 77.7 Å². The van der Waals surface area contributed by atoms with Crippen molar-refractivity contribution >= 4 is 22.1 Å². The number of nitrogens with zero attached hydrogens (tertiary/aromatic N) is 7. The molecule has 0 aliphatic carbocycles. The zero-order valence-electron chi connectivity index (χ0n) is 24.8. The summed E-state index contributed by atoms with van der Waals surface area (Å²) in [5.74, 6) is -0.566. The van der Waals surface area contributed by atoms with E-state index in [9.17, 15) is 8.78 Å². The van der Waals surface area contributed by atoms with Crippen LogP contribution in [-0.4, -0.2) is 19.2 Å². The summed E-state index contributed by atoms with van der Waals surface area (Å²) in [4.78, 5) is 4.12. The molecule has 1 radical (unpaired) electrons. The molecule has 0 saturated heterocycles. The minimum Gasteiger partial charge on any atom is -0.574 e. The maximum Gasteiger partial charge on any atom is 0.242 e. The largest absolute Gasteiger partial charge is 0.574 e. The van der Waals surface area contributed by atoms with Crippen LogP contribution in [0, 0.1) is 36.4 Å². The maximum atomic E-state index is 12.9. The Morgan fingerprint density at radius 2 is 1.15 bits per heavy atom. The summed E-state index contributed by atoms with van der Waals surface area (Å²) in [6.45, 7) is 0. The quantitative estimate of drug-likeness (QED) is 0.176. The van der Waals surface area contributed by atoms with Crippen LogP contribution in [0.3, 0.4) is 0 Å². The summed E-state index contributed by atoms with van der Waals surface area (Å²) in [6, 6.07) is 38.2. The van der Waals surface area contributed by atoms with Crippen LogP contribution in [0.2, 0.25) is 0 Å². The van der Waals surface area contributed by atoms with Gasteiger partial charge < -0.3 is 28.5 Å². The monoisotopic (exact) mass is 787 g/mol. The van der Waals surface area contributed by atoms with E-state index < -0.39 is 0 Å². The van der Waals surface area contributed by atoms with E-state index in [-0.39, 0.29) is 31.7 Å². The van der Waals surface area contributed by atoms with Gasteiger partial charge in [0.25, 0.3) is 0 Å². The van der Waals surface area contributed by atoms with Crippen molar-refractivity contribution in [3.05, 3.63) is 158 Å². The van der Waals surface area contributed by atoms with Crippen molar-refractivity contribution in [1.29, 1.82) is 0 Å². The smallest absolute Gasteiger partial charge is 0.242 e. The van der Waals surface area contributed by atoms with Crippen LogP contribution in [0.1, 0.15) is 0 Å². The van der Waals surface area contributed by atoms with Gasteiger partial charge in [-0.15, -0.1) is 24.3 Å². The van der Waals surface area contributed by atoms with E-state index in [0.29, 0.717) is 0 Å². The van der Waals surface area contributed by atoms with Crippen LogP contribution < -0.4 is 14.2 Å². The number of para-hydroxylation sites is 4. The van der Waals surface area contributed by atoms with E-state index >= 15 is 0 Å². The van der Waals surface area contributed by atoms with Gasteiger partial charge in [0.15, 0.2) is 0 Å². The second kappa shape index (κ2) is 14.6. The van der Waals surface area contributed by atoms with Crippen LogP contribution >= 0.6 is 0 Å². The Balaban J connectivity index is 0.000000138. The average Bonchev–Trinajstić information content (AvgIpc) is 3.82. The SMILES string of the molecule is C[n+]1[c-]n(-c2[c-]cc(F)cc2)c2ccccc21.C[n+]1[c-]n(-c2[c-]cc(F)cc2)c2ccccc21.[Ir].c1ccc(-c2ccn[n-]2)nc1. The molecule has 4 aromatic heterocycles. The van der Waals surface area contributed by atoms with Crippen molar-refractivity contribution in [2.24, 2.45) is 14.1 Å². The average molecular weight is 787 g/mol. The van der Waals surface area contributed by atoms with E-state index in [4.69, 9.17) is 0 Å². The maximum absolute atomic E-state index is 12.9. The minimum absolute atomic E-state index is 0. The van der Waals surface area contributed by atoms with Crippen LogP contribution in [0.25, 0.3) is 44.8 Å². The van der Waals surface area contributed by atoms with E-state index in [1.807, 2.05) is 105 Å². The Hall–Kier alpha value is -5.31. The first-order valence-electron chi connectivity index (χ1n) is 14.0. The Morgan fingerprint density at radius 1 is 0.630 bits per heavy atom. The fraction of sp³-hybridized carbons (Fsp3) is 0.0556. The zero-order valence-corrected chi connectivity index (χ0v) is 27.2. The summed E-state index contributed by atoms with van der Waals surface area (Å²) >= 11 is 0. The second-order valence-electron chi connectivity index (χ2n) is 9.88. The van der Waals surface area contributed by atoms with E-state index in [0.717, 1.165) is 44.8 Å². The predicted molar refractivity (Wildman–Crippen MR) is 165 cm³/mol. The molecule has 8 aromatic rings. The molecule has 231 valence electrons. The standard InChI is InChI=1S/2C14H10FN2.C8H6N3.Ir/c2*1-16-10-17(12-8-6-11(15)7-9-12)14-5-3-2-4-13(14)16;1-2-5-9-7(3-1)8-4-6-10-11-8;/h2*2-8H,1H3;1-6H;/q3*-1;. The minimum atomic E-state index is -0.283. The Bertz CT molecular complexity index is 2020. The zero-order chi connectivity index (χ0) is 31.2. The number of halogens is 2. The summed E-state index contributed by atoms with van der Waals surface area (Å²) in [7, 11) is 3.87. The van der Waals surface area contributed by atoms with Crippen molar-refractivity contribution in [2.45, 2.75) is 0 Å². The first-order chi connectivity index (χ1) is 22.0. The molecule has 0 saturated carbocycles. The van der Waals surface area contributed by atoms with Gasteiger partial charge >= 0.3 is 0 Å². The van der Waals surface area contributed by atoms with Gasteiger partial charge in [-0.25, -0.2) is 0 Å². The fourth-order valence-corrected chi connectivity index (χ4v) is 4.71. The number of fused-ring (bicyclic) bond motifs is 2. The summed E-state index contributed by atoms with van der Waals surface area (Å²) in [6.07, 6.45) is 9.73. The second-order valence-corrected chi connectivity index (χ2v) is 9.88. The molecule has 4 aromatic carbocycles. The van der Waals surface area contributed by atoms with Gasteiger partial charge in [0.05, 0.1) is 36.2 Å². The number of benzene rings is 4. The summed E-state index contributed by atoms with van der Waals surface area (Å²) in [5.41, 5.74) is 7.45. The van der Waals surface area contributed by atoms with Gasteiger partial charge in [-0.05, 0) is 12.1 Å². The molecule has 0 aliphatic rings. The molecule has 0 unspecified atom stereocenters. The van der Waals surface area contributed by atoms with Crippen LogP contribution in [0.4, 0.5) is 8.78 Å². The van der Waals surface area contributed by atoms with Crippen LogP contribution in [-0.2, 0) is 34.2 Å². The van der Waals surface area contributed by atoms with Crippen LogP contribution in [0.15, 0.2) is 122 Å². The molecule has 0 fully saturated rings. The van der Waals surface area contributed by atoms with E-state index in [1.54, 1.807) is 24.5 Å². The van der Waals surface area contributed by atoms with Gasteiger partial charge in [-0.3, -0.25) is 13.8 Å². The van der Waals surface area contributed by atoms with Crippen molar-refractivity contribution in [2.75, 3.05) is 0 Å². The predicted octanol–water partition coefficient (Wildman–Crippen LogP) is 5.49. The summed E-state index contributed by atoms with van der Waals surface area (Å²) in [5, 5.41) is 7.58. The molecule has 7 nitrogen and oxygen atoms in total. The Labute approximate surface area is 278 Å². The Morgan fingerprint density at radius 3 is 1.59 bits per heavy atom. The third-order valence-electron chi connectivity index (χ3n) is 6.86. The van der Waals surface area contributed by atoms with Crippen molar-refractivity contribution in [3.8, 4) is 22.8 Å². The van der Waals surface area contributed by atoms with Crippen molar-refractivity contribution < 1.29 is 38.0 Å². The molecule has 0 atom stereocenters. The first kappa shape index (κ1) is 32.1. The van der Waals surface area contributed by atoms with Gasteiger partial charge in [0, 0.05) is 49.8 Å². The van der Waals surface area contributed by atoms with Crippen molar-refractivity contribution in [3.63, 3.8) is 0 Å². The fourth-order valence-electron chi connectivity index (χ4n) is 4.71. The first-order valence-corrected chi connectivity index (χ1v) is 14.0. The molecule has 0 aliphatic heterocycles. The molecule has 46 heavy (non-hydrogen) atoms. The summed E-state index contributed by atoms with van der Waals surface area (Å²) < 4.78 is 33.3.